The van der Waals surface area contributed by atoms with Crippen molar-refractivity contribution in [3.05, 3.63) is 70.8 Å². The van der Waals surface area contributed by atoms with E-state index in [9.17, 15) is 4.79 Å². The van der Waals surface area contributed by atoms with E-state index in [1.54, 1.807) is 11.1 Å². The fraction of sp³-hybridized carbons (Fsp3) is 0.552. The molecule has 0 spiro atoms. The lowest BCUT2D eigenvalue weighted by molar-refractivity contribution is 0.0899. The lowest BCUT2D eigenvalue weighted by Gasteiger charge is -2.24. The molecule has 0 amide bonds. The number of benzene rings is 2. The first-order valence-electron chi connectivity index (χ1n) is 12.7. The second kappa shape index (κ2) is 15.5. The Morgan fingerprint density at radius 2 is 1.50 bits per heavy atom. The molecule has 2 aromatic rings. The number of unbranched alkanes of at least 4 members (excludes halogenated alkanes) is 6. The molecule has 0 aliphatic carbocycles. The second-order valence-corrected chi connectivity index (χ2v) is 8.83. The predicted octanol–water partition coefficient (Wildman–Crippen LogP) is 8.54. The van der Waals surface area contributed by atoms with Crippen molar-refractivity contribution in [2.75, 3.05) is 6.61 Å². The van der Waals surface area contributed by atoms with E-state index in [1.165, 1.54) is 62.5 Å². The molecule has 1 unspecified atom stereocenters. The van der Waals surface area contributed by atoms with Gasteiger partial charge in [-0.15, -0.1) is 0 Å². The van der Waals surface area contributed by atoms with Gasteiger partial charge in [0, 0.05) is 5.92 Å². The molecule has 0 aliphatic heterocycles. The van der Waals surface area contributed by atoms with Crippen molar-refractivity contribution in [2.24, 2.45) is 0 Å². The summed E-state index contributed by atoms with van der Waals surface area (Å²) in [7, 11) is 0. The summed E-state index contributed by atoms with van der Waals surface area (Å²) in [5.74, 6) is 0.444. The summed E-state index contributed by atoms with van der Waals surface area (Å²) in [5, 5.41) is 8.55. The van der Waals surface area contributed by atoms with Crippen LogP contribution in [-0.4, -0.2) is 17.9 Å². The van der Waals surface area contributed by atoms with Crippen LogP contribution in [0.1, 0.15) is 106 Å². The van der Waals surface area contributed by atoms with E-state index >= 15 is 0 Å². The highest BCUT2D eigenvalue weighted by Gasteiger charge is 2.19. The molecule has 32 heavy (non-hydrogen) atoms. The zero-order valence-electron chi connectivity index (χ0n) is 20.2. The van der Waals surface area contributed by atoms with Crippen LogP contribution in [0.3, 0.4) is 0 Å². The van der Waals surface area contributed by atoms with Crippen molar-refractivity contribution in [1.82, 2.24) is 0 Å². The van der Waals surface area contributed by atoms with Gasteiger partial charge in [-0.05, 0) is 60.8 Å². The molecule has 0 fully saturated rings. The van der Waals surface area contributed by atoms with Gasteiger partial charge in [0.25, 0.3) is 0 Å². The van der Waals surface area contributed by atoms with E-state index in [4.69, 9.17) is 5.11 Å². The monoisotopic (exact) mass is 438 g/mol. The molecule has 0 aliphatic rings. The molecule has 3 nitrogen and oxygen atoms in total. The Morgan fingerprint density at radius 1 is 0.812 bits per heavy atom. The van der Waals surface area contributed by atoms with Gasteiger partial charge in [-0.3, -0.25) is 0 Å². The summed E-state index contributed by atoms with van der Waals surface area (Å²) < 4.78 is 4.60. The Morgan fingerprint density at radius 3 is 2.22 bits per heavy atom. The topological polar surface area (TPSA) is 46.5 Å². The molecule has 0 bridgehead atoms. The molecule has 2 aromatic carbocycles. The fourth-order valence-electron chi connectivity index (χ4n) is 4.57. The van der Waals surface area contributed by atoms with Crippen molar-refractivity contribution in [3.8, 4) is 0 Å². The highest BCUT2D eigenvalue weighted by molar-refractivity contribution is 5.56. The third-order valence-corrected chi connectivity index (χ3v) is 6.33. The highest BCUT2D eigenvalue weighted by Crippen LogP contribution is 2.35. The van der Waals surface area contributed by atoms with Gasteiger partial charge < -0.3 is 9.84 Å². The van der Waals surface area contributed by atoms with Crippen molar-refractivity contribution in [3.63, 3.8) is 0 Å². The lowest BCUT2D eigenvalue weighted by atomic mass is 9.81. The van der Waals surface area contributed by atoms with Crippen LogP contribution in [-0.2, 0) is 17.6 Å². The molecule has 0 radical (unpaired) electrons. The molecule has 1 atom stereocenters. The van der Waals surface area contributed by atoms with Gasteiger partial charge in [-0.2, -0.15) is 0 Å². The Hall–Kier alpha value is -2.29. The molecule has 0 saturated heterocycles. The minimum absolute atomic E-state index is 0.313. The fourth-order valence-corrected chi connectivity index (χ4v) is 4.57. The van der Waals surface area contributed by atoms with E-state index in [1.807, 2.05) is 0 Å². The van der Waals surface area contributed by atoms with Gasteiger partial charge in [0.1, 0.15) is 0 Å². The van der Waals surface area contributed by atoms with Gasteiger partial charge in [0.15, 0.2) is 0 Å². The number of hydrogen-bond acceptors (Lipinski definition) is 2. The lowest BCUT2D eigenvalue weighted by Crippen LogP contribution is -2.08. The predicted molar refractivity (Wildman–Crippen MR) is 134 cm³/mol. The zero-order chi connectivity index (χ0) is 23.0. The first kappa shape index (κ1) is 26.0. The molecular weight excluding hydrogens is 396 g/mol. The minimum Gasteiger partial charge on any atom is -0.450 e. The van der Waals surface area contributed by atoms with Gasteiger partial charge >= 0.3 is 6.16 Å². The summed E-state index contributed by atoms with van der Waals surface area (Å²) in [5.41, 5.74) is 6.11. The summed E-state index contributed by atoms with van der Waals surface area (Å²) in [6.07, 6.45) is 12.6. The molecule has 0 heterocycles. The van der Waals surface area contributed by atoms with Gasteiger partial charge in [0.05, 0.1) is 6.61 Å². The van der Waals surface area contributed by atoms with E-state index in [-0.39, 0.29) is 0 Å². The summed E-state index contributed by atoms with van der Waals surface area (Å²) in [6.45, 7) is 4.87. The van der Waals surface area contributed by atoms with E-state index in [2.05, 4.69) is 67.1 Å². The third-order valence-electron chi connectivity index (χ3n) is 6.33. The Bertz CT molecular complexity index is 769. The highest BCUT2D eigenvalue weighted by atomic mass is 16.7. The van der Waals surface area contributed by atoms with Crippen LogP contribution in [0.2, 0.25) is 0 Å². The maximum Gasteiger partial charge on any atom is 0.505 e. The van der Waals surface area contributed by atoms with E-state index < -0.39 is 6.16 Å². The van der Waals surface area contributed by atoms with Crippen LogP contribution in [0.25, 0.3) is 0 Å². The maximum atomic E-state index is 10.4. The standard InChI is InChI=1S/C29H42O3/c1-3-5-16-24-19-15-22-28(26(24)20-6-4-2)27(25-17-11-10-12-18-25)21-13-8-7-9-14-23-32-29(30)31/h10-12,15,17-19,22,27H,3-9,13-14,16,20-21,23H2,1-2H3,(H,30,31). The maximum absolute atomic E-state index is 10.4. The smallest absolute Gasteiger partial charge is 0.450 e. The Kier molecular flexibility index (Phi) is 12.6. The van der Waals surface area contributed by atoms with Crippen molar-refractivity contribution in [2.45, 2.75) is 96.8 Å². The quantitative estimate of drug-likeness (QED) is 0.211. The third kappa shape index (κ3) is 9.06. The van der Waals surface area contributed by atoms with E-state index in [0.717, 1.165) is 25.7 Å². The number of ether oxygens (including phenoxy) is 1. The molecule has 0 saturated carbocycles. The normalized spacial score (nSPS) is 11.9. The molecule has 1 N–H and O–H groups in total. The number of carbonyl (C=O) groups is 1. The largest absolute Gasteiger partial charge is 0.505 e. The molecule has 2 rings (SSSR count). The molecule has 0 aromatic heterocycles. The van der Waals surface area contributed by atoms with Gasteiger partial charge in [-0.1, -0.05) is 101 Å². The minimum atomic E-state index is -1.17. The number of hydrogen-bond donors (Lipinski definition) is 1. The summed E-state index contributed by atoms with van der Waals surface area (Å²) in [6, 6.07) is 18.0. The van der Waals surface area contributed by atoms with Crippen molar-refractivity contribution < 1.29 is 14.6 Å². The number of aryl methyl sites for hydroxylation is 1. The van der Waals surface area contributed by atoms with Gasteiger partial charge in [-0.25, -0.2) is 4.79 Å². The first-order valence-corrected chi connectivity index (χ1v) is 12.7. The number of carboxylic acid groups (broad SMARTS) is 1. The van der Waals surface area contributed by atoms with Crippen LogP contribution in [0.15, 0.2) is 48.5 Å². The van der Waals surface area contributed by atoms with Crippen molar-refractivity contribution in [1.29, 1.82) is 0 Å². The summed E-state index contributed by atoms with van der Waals surface area (Å²) >= 11 is 0. The Labute approximate surface area is 195 Å². The van der Waals surface area contributed by atoms with Gasteiger partial charge in [0.2, 0.25) is 0 Å². The van der Waals surface area contributed by atoms with Crippen molar-refractivity contribution >= 4 is 6.16 Å². The van der Waals surface area contributed by atoms with Crippen LogP contribution in [0.4, 0.5) is 4.79 Å². The molecule has 3 heteroatoms. The average molecular weight is 439 g/mol. The van der Waals surface area contributed by atoms with Crippen LogP contribution in [0.5, 0.6) is 0 Å². The van der Waals surface area contributed by atoms with Crippen LogP contribution in [0, 0.1) is 0 Å². The average Bonchev–Trinajstić information content (AvgIpc) is 2.81. The SMILES string of the molecule is CCCCc1cccc(C(CCCCCCCOC(=O)O)c2ccccc2)c1CCCC. The van der Waals surface area contributed by atoms with Crippen LogP contribution >= 0.6 is 0 Å². The molecule has 176 valence electrons. The Balaban J connectivity index is 2.10. The summed E-state index contributed by atoms with van der Waals surface area (Å²) in [4.78, 5) is 10.4. The first-order chi connectivity index (χ1) is 15.7. The van der Waals surface area contributed by atoms with Crippen LogP contribution < -0.4 is 0 Å². The second-order valence-electron chi connectivity index (χ2n) is 8.83. The molecular formula is C29H42O3. The zero-order valence-corrected chi connectivity index (χ0v) is 20.2. The number of rotatable bonds is 16. The van der Waals surface area contributed by atoms with E-state index in [0.29, 0.717) is 12.5 Å².